The maximum atomic E-state index is 10.8. The SMILES string of the molecule is CCc1cc(CC)n(CCC(N)C(N)=O)n1. The zero-order valence-electron chi connectivity index (χ0n) is 9.94. The molecule has 1 amide bonds. The summed E-state index contributed by atoms with van der Waals surface area (Å²) < 4.78 is 1.92. The first-order valence-corrected chi connectivity index (χ1v) is 5.69. The number of nitrogens with two attached hydrogens (primary N) is 2. The second kappa shape index (κ2) is 5.65. The molecular formula is C11H20N4O. The highest BCUT2D eigenvalue weighted by Crippen LogP contribution is 2.07. The van der Waals surface area contributed by atoms with Crippen LogP contribution in [0.1, 0.15) is 31.7 Å². The third-order valence-electron chi connectivity index (χ3n) is 2.66. The maximum absolute atomic E-state index is 10.8. The predicted octanol–water partition coefficient (Wildman–Crippen LogP) is 0.211. The Balaban J connectivity index is 2.65. The minimum Gasteiger partial charge on any atom is -0.368 e. The molecule has 0 spiro atoms. The highest BCUT2D eigenvalue weighted by molar-refractivity contribution is 5.79. The minimum absolute atomic E-state index is 0.457. The number of hydrogen-bond donors (Lipinski definition) is 2. The van der Waals surface area contributed by atoms with Crippen LogP contribution in [0.15, 0.2) is 6.07 Å². The summed E-state index contributed by atoms with van der Waals surface area (Å²) in [6.07, 6.45) is 2.38. The lowest BCUT2D eigenvalue weighted by Crippen LogP contribution is -2.37. The summed E-state index contributed by atoms with van der Waals surface area (Å²) in [5, 5.41) is 4.44. The lowest BCUT2D eigenvalue weighted by atomic mass is 10.2. The molecule has 1 heterocycles. The van der Waals surface area contributed by atoms with Gasteiger partial charge in [-0.3, -0.25) is 9.48 Å². The van der Waals surface area contributed by atoms with Crippen molar-refractivity contribution in [3.8, 4) is 0 Å². The van der Waals surface area contributed by atoms with Crippen LogP contribution in [-0.2, 0) is 24.2 Å². The van der Waals surface area contributed by atoms with E-state index in [-0.39, 0.29) is 0 Å². The van der Waals surface area contributed by atoms with Crippen molar-refractivity contribution in [2.24, 2.45) is 11.5 Å². The number of hydrogen-bond acceptors (Lipinski definition) is 3. The summed E-state index contributed by atoms with van der Waals surface area (Å²) in [5.41, 5.74) is 12.9. The van der Waals surface area contributed by atoms with Crippen LogP contribution < -0.4 is 11.5 Å². The highest BCUT2D eigenvalue weighted by atomic mass is 16.1. The number of aromatic nitrogens is 2. The molecule has 1 aromatic rings. The van der Waals surface area contributed by atoms with Gasteiger partial charge in [0.15, 0.2) is 0 Å². The van der Waals surface area contributed by atoms with Gasteiger partial charge < -0.3 is 11.5 Å². The Kier molecular flexibility index (Phi) is 4.49. The van der Waals surface area contributed by atoms with Gasteiger partial charge in [-0.15, -0.1) is 0 Å². The van der Waals surface area contributed by atoms with Crippen LogP contribution in [0.4, 0.5) is 0 Å². The van der Waals surface area contributed by atoms with Crippen LogP contribution in [0.3, 0.4) is 0 Å². The topological polar surface area (TPSA) is 86.9 Å². The standard InChI is InChI=1S/C11H20N4O/c1-3-8-7-9(4-2)15(14-8)6-5-10(12)11(13)16/h7,10H,3-6,12H2,1-2H3,(H2,13,16). The summed E-state index contributed by atoms with van der Waals surface area (Å²) in [6, 6.07) is 1.51. The molecule has 0 fully saturated rings. The molecule has 5 nitrogen and oxygen atoms in total. The fraction of sp³-hybridized carbons (Fsp3) is 0.636. The van der Waals surface area contributed by atoms with E-state index in [1.54, 1.807) is 0 Å². The summed E-state index contributed by atoms with van der Waals surface area (Å²) in [7, 11) is 0. The van der Waals surface area contributed by atoms with Crippen LogP contribution in [0.25, 0.3) is 0 Å². The average molecular weight is 224 g/mol. The van der Waals surface area contributed by atoms with Gasteiger partial charge in [-0.05, 0) is 25.3 Å². The lowest BCUT2D eigenvalue weighted by Gasteiger charge is -2.09. The highest BCUT2D eigenvalue weighted by Gasteiger charge is 2.11. The van der Waals surface area contributed by atoms with Gasteiger partial charge in [0.05, 0.1) is 11.7 Å². The second-order valence-electron chi connectivity index (χ2n) is 3.85. The summed E-state index contributed by atoms with van der Waals surface area (Å²) in [5.74, 6) is -0.457. The van der Waals surface area contributed by atoms with Gasteiger partial charge in [0.25, 0.3) is 0 Å². The van der Waals surface area contributed by atoms with E-state index in [9.17, 15) is 4.79 Å². The Morgan fingerprint density at radius 3 is 2.69 bits per heavy atom. The monoisotopic (exact) mass is 224 g/mol. The number of carbonyl (C=O) groups excluding carboxylic acids is 1. The Hall–Kier alpha value is -1.36. The first-order chi connectivity index (χ1) is 7.58. The van der Waals surface area contributed by atoms with Crippen LogP contribution in [-0.4, -0.2) is 21.7 Å². The van der Waals surface area contributed by atoms with Gasteiger partial charge in [0.2, 0.25) is 5.91 Å². The Morgan fingerprint density at radius 1 is 1.50 bits per heavy atom. The Labute approximate surface area is 95.8 Å². The molecule has 1 unspecified atom stereocenters. The number of rotatable bonds is 6. The van der Waals surface area contributed by atoms with Gasteiger partial charge in [0, 0.05) is 12.2 Å². The number of carbonyl (C=O) groups is 1. The fourth-order valence-corrected chi connectivity index (χ4v) is 1.57. The van der Waals surface area contributed by atoms with Crippen LogP contribution in [0.2, 0.25) is 0 Å². The van der Waals surface area contributed by atoms with Crippen LogP contribution in [0.5, 0.6) is 0 Å². The molecule has 1 atom stereocenters. The van der Waals surface area contributed by atoms with Crippen molar-refractivity contribution >= 4 is 5.91 Å². The normalized spacial score (nSPS) is 12.7. The second-order valence-corrected chi connectivity index (χ2v) is 3.85. The molecule has 4 N–H and O–H groups in total. The molecule has 0 aromatic carbocycles. The molecular weight excluding hydrogens is 204 g/mol. The van der Waals surface area contributed by atoms with Crippen molar-refractivity contribution in [1.29, 1.82) is 0 Å². The van der Waals surface area contributed by atoms with Gasteiger partial charge in [-0.1, -0.05) is 13.8 Å². The predicted molar refractivity (Wildman–Crippen MR) is 62.8 cm³/mol. The van der Waals surface area contributed by atoms with E-state index in [1.807, 2.05) is 4.68 Å². The van der Waals surface area contributed by atoms with E-state index in [1.165, 1.54) is 5.69 Å². The molecule has 1 rings (SSSR count). The zero-order chi connectivity index (χ0) is 12.1. The minimum atomic E-state index is -0.584. The van der Waals surface area contributed by atoms with E-state index >= 15 is 0 Å². The molecule has 90 valence electrons. The zero-order valence-corrected chi connectivity index (χ0v) is 9.94. The first-order valence-electron chi connectivity index (χ1n) is 5.69. The maximum Gasteiger partial charge on any atom is 0.234 e. The molecule has 0 aliphatic carbocycles. The first kappa shape index (κ1) is 12.7. The van der Waals surface area contributed by atoms with Crippen molar-refractivity contribution in [1.82, 2.24) is 9.78 Å². The molecule has 5 heteroatoms. The third kappa shape index (κ3) is 3.06. The van der Waals surface area contributed by atoms with E-state index in [4.69, 9.17) is 11.5 Å². The number of aryl methyl sites for hydroxylation is 3. The third-order valence-corrected chi connectivity index (χ3v) is 2.66. The van der Waals surface area contributed by atoms with E-state index in [0.29, 0.717) is 13.0 Å². The van der Waals surface area contributed by atoms with Crippen LogP contribution in [0, 0.1) is 0 Å². The molecule has 0 aliphatic heterocycles. The average Bonchev–Trinajstić information content (AvgIpc) is 2.68. The largest absolute Gasteiger partial charge is 0.368 e. The molecule has 0 saturated heterocycles. The Bertz CT molecular complexity index is 359. The summed E-state index contributed by atoms with van der Waals surface area (Å²) >= 11 is 0. The molecule has 0 aliphatic rings. The van der Waals surface area contributed by atoms with Gasteiger partial charge in [-0.2, -0.15) is 5.10 Å². The summed E-state index contributed by atoms with van der Waals surface area (Å²) in [6.45, 7) is 4.80. The lowest BCUT2D eigenvalue weighted by molar-refractivity contribution is -0.119. The van der Waals surface area contributed by atoms with Gasteiger partial charge in [-0.25, -0.2) is 0 Å². The van der Waals surface area contributed by atoms with Crippen molar-refractivity contribution in [3.63, 3.8) is 0 Å². The van der Waals surface area contributed by atoms with E-state index in [2.05, 4.69) is 25.0 Å². The van der Waals surface area contributed by atoms with Crippen LogP contribution >= 0.6 is 0 Å². The van der Waals surface area contributed by atoms with Gasteiger partial charge in [0.1, 0.15) is 0 Å². The van der Waals surface area contributed by atoms with Gasteiger partial charge >= 0.3 is 0 Å². The fourth-order valence-electron chi connectivity index (χ4n) is 1.57. The smallest absolute Gasteiger partial charge is 0.234 e. The van der Waals surface area contributed by atoms with E-state index < -0.39 is 11.9 Å². The van der Waals surface area contributed by atoms with Crippen molar-refractivity contribution in [3.05, 3.63) is 17.5 Å². The van der Waals surface area contributed by atoms with Crippen molar-refractivity contribution in [2.75, 3.05) is 0 Å². The Morgan fingerprint density at radius 2 is 2.19 bits per heavy atom. The van der Waals surface area contributed by atoms with Crippen molar-refractivity contribution in [2.45, 2.75) is 45.7 Å². The number of primary amides is 1. The van der Waals surface area contributed by atoms with Crippen molar-refractivity contribution < 1.29 is 4.79 Å². The molecule has 0 radical (unpaired) electrons. The quantitative estimate of drug-likeness (QED) is 0.724. The molecule has 0 saturated carbocycles. The number of amides is 1. The molecule has 1 aromatic heterocycles. The summed E-state index contributed by atoms with van der Waals surface area (Å²) in [4.78, 5) is 10.8. The number of nitrogens with zero attached hydrogens (tertiary/aromatic N) is 2. The van der Waals surface area contributed by atoms with E-state index in [0.717, 1.165) is 18.5 Å². The molecule has 0 bridgehead atoms. The molecule has 16 heavy (non-hydrogen) atoms.